The molecule has 1 unspecified atom stereocenters. The second kappa shape index (κ2) is 7.13. The van der Waals surface area contributed by atoms with E-state index in [0.717, 1.165) is 24.5 Å². The maximum Gasteiger partial charge on any atom is 0.319 e. The van der Waals surface area contributed by atoms with Crippen LogP contribution < -0.4 is 10.6 Å². The average Bonchev–Trinajstić information content (AvgIpc) is 3.22. The third-order valence-corrected chi connectivity index (χ3v) is 3.94. The van der Waals surface area contributed by atoms with Crippen LogP contribution in [0.4, 0.5) is 10.5 Å². The molecule has 5 nitrogen and oxygen atoms in total. The molecule has 1 fully saturated rings. The monoisotopic (exact) mass is 299 g/mol. The predicted octanol–water partition coefficient (Wildman–Crippen LogP) is 3.24. The van der Waals surface area contributed by atoms with Crippen LogP contribution in [0.3, 0.4) is 0 Å². The van der Waals surface area contributed by atoms with Crippen molar-refractivity contribution in [2.45, 2.75) is 18.9 Å². The summed E-state index contributed by atoms with van der Waals surface area (Å²) >= 11 is 0. The number of carbonyl (C=O) groups excluding carboxylic acids is 1. The molecule has 0 spiro atoms. The molecule has 0 saturated carbocycles. The van der Waals surface area contributed by atoms with E-state index in [9.17, 15) is 4.79 Å². The van der Waals surface area contributed by atoms with Crippen molar-refractivity contribution >= 4 is 11.7 Å². The van der Waals surface area contributed by atoms with Crippen molar-refractivity contribution in [3.8, 4) is 0 Å². The van der Waals surface area contributed by atoms with Gasteiger partial charge in [0.15, 0.2) is 0 Å². The molecule has 2 amide bonds. The van der Waals surface area contributed by atoms with Crippen molar-refractivity contribution in [3.63, 3.8) is 0 Å². The molecule has 0 radical (unpaired) electrons. The van der Waals surface area contributed by atoms with E-state index in [1.54, 1.807) is 6.26 Å². The van der Waals surface area contributed by atoms with Gasteiger partial charge in [-0.3, -0.25) is 4.90 Å². The number of carbonyl (C=O) groups is 1. The van der Waals surface area contributed by atoms with E-state index in [4.69, 9.17) is 4.42 Å². The minimum absolute atomic E-state index is 0.0963. The highest BCUT2D eigenvalue weighted by atomic mass is 16.3. The van der Waals surface area contributed by atoms with Gasteiger partial charge < -0.3 is 15.1 Å². The highest BCUT2D eigenvalue weighted by Gasteiger charge is 2.25. The number of para-hydroxylation sites is 1. The largest absolute Gasteiger partial charge is 0.468 e. The number of urea groups is 1. The smallest absolute Gasteiger partial charge is 0.319 e. The molecule has 1 aromatic carbocycles. The maximum absolute atomic E-state index is 12.0. The fourth-order valence-electron chi connectivity index (χ4n) is 2.83. The Bertz CT molecular complexity index is 577. The molecular weight excluding hydrogens is 278 g/mol. The molecule has 0 bridgehead atoms. The van der Waals surface area contributed by atoms with Gasteiger partial charge in [0.1, 0.15) is 5.76 Å². The Hall–Kier alpha value is -2.27. The summed E-state index contributed by atoms with van der Waals surface area (Å²) in [5, 5.41) is 5.78. The summed E-state index contributed by atoms with van der Waals surface area (Å²) in [6.07, 6.45) is 4.09. The van der Waals surface area contributed by atoms with Gasteiger partial charge in [0.2, 0.25) is 0 Å². The molecule has 1 aliphatic rings. The van der Waals surface area contributed by atoms with Crippen molar-refractivity contribution in [3.05, 3.63) is 54.5 Å². The minimum Gasteiger partial charge on any atom is -0.468 e. The van der Waals surface area contributed by atoms with Gasteiger partial charge in [0.05, 0.1) is 12.3 Å². The van der Waals surface area contributed by atoms with Crippen LogP contribution in [-0.4, -0.2) is 30.6 Å². The number of nitrogens with one attached hydrogen (secondary N) is 2. The van der Waals surface area contributed by atoms with Crippen LogP contribution in [-0.2, 0) is 0 Å². The van der Waals surface area contributed by atoms with Crippen LogP contribution in [0.1, 0.15) is 24.6 Å². The highest BCUT2D eigenvalue weighted by molar-refractivity contribution is 5.89. The number of furan rings is 1. The van der Waals surface area contributed by atoms with Gasteiger partial charge in [-0.1, -0.05) is 18.2 Å². The number of likely N-dealkylation sites (tertiary alicyclic amines) is 1. The van der Waals surface area contributed by atoms with Crippen LogP contribution in [0.2, 0.25) is 0 Å². The molecule has 22 heavy (non-hydrogen) atoms. The molecule has 5 heteroatoms. The van der Waals surface area contributed by atoms with Crippen LogP contribution in [0.15, 0.2) is 53.1 Å². The summed E-state index contributed by atoms with van der Waals surface area (Å²) in [4.78, 5) is 14.4. The summed E-state index contributed by atoms with van der Waals surface area (Å²) in [6.45, 7) is 2.63. The summed E-state index contributed by atoms with van der Waals surface area (Å²) in [5.41, 5.74) is 0.788. The standard InChI is InChI=1S/C17H21N3O2/c21-17(19-14-7-2-1-3-8-14)18-13-15(16-9-6-12-22-16)20-10-4-5-11-20/h1-3,6-9,12,15H,4-5,10-11,13H2,(H2,18,19,21). The van der Waals surface area contributed by atoms with Gasteiger partial charge in [-0.05, 0) is 50.2 Å². The van der Waals surface area contributed by atoms with E-state index < -0.39 is 0 Å². The molecular formula is C17H21N3O2. The molecule has 2 aromatic rings. The van der Waals surface area contributed by atoms with E-state index in [1.165, 1.54) is 12.8 Å². The molecule has 1 saturated heterocycles. The third-order valence-electron chi connectivity index (χ3n) is 3.94. The van der Waals surface area contributed by atoms with Crippen molar-refractivity contribution < 1.29 is 9.21 Å². The van der Waals surface area contributed by atoms with Crippen LogP contribution in [0.5, 0.6) is 0 Å². The van der Waals surface area contributed by atoms with Gasteiger partial charge >= 0.3 is 6.03 Å². The molecule has 2 heterocycles. The second-order valence-electron chi connectivity index (χ2n) is 5.48. The Labute approximate surface area is 130 Å². The zero-order chi connectivity index (χ0) is 15.2. The molecule has 0 aliphatic carbocycles. The van der Waals surface area contributed by atoms with Crippen LogP contribution in [0, 0.1) is 0 Å². The molecule has 2 N–H and O–H groups in total. The lowest BCUT2D eigenvalue weighted by Crippen LogP contribution is -2.38. The van der Waals surface area contributed by atoms with Crippen LogP contribution in [0.25, 0.3) is 0 Å². The van der Waals surface area contributed by atoms with Crippen molar-refractivity contribution in [2.75, 3.05) is 25.0 Å². The van der Waals surface area contributed by atoms with Crippen LogP contribution >= 0.6 is 0 Å². The number of anilines is 1. The normalized spacial score (nSPS) is 16.4. The van der Waals surface area contributed by atoms with Gasteiger partial charge in [0.25, 0.3) is 0 Å². The number of hydrogen-bond acceptors (Lipinski definition) is 3. The molecule has 116 valence electrons. The zero-order valence-corrected chi connectivity index (χ0v) is 12.5. The SMILES string of the molecule is O=C(NCC(c1ccco1)N1CCCC1)Nc1ccccc1. The number of benzene rings is 1. The Morgan fingerprint density at radius 2 is 1.91 bits per heavy atom. The number of amides is 2. The minimum atomic E-state index is -0.193. The summed E-state index contributed by atoms with van der Waals surface area (Å²) < 4.78 is 5.55. The van der Waals surface area contributed by atoms with E-state index >= 15 is 0 Å². The second-order valence-corrected chi connectivity index (χ2v) is 5.48. The van der Waals surface area contributed by atoms with Crippen molar-refractivity contribution in [1.29, 1.82) is 0 Å². The molecule has 1 aliphatic heterocycles. The van der Waals surface area contributed by atoms with Gasteiger partial charge in [-0.25, -0.2) is 4.79 Å². The number of hydrogen-bond donors (Lipinski definition) is 2. The molecule has 1 atom stereocenters. The Kier molecular flexibility index (Phi) is 4.75. The topological polar surface area (TPSA) is 57.5 Å². The van der Waals surface area contributed by atoms with Gasteiger partial charge in [0, 0.05) is 12.2 Å². The van der Waals surface area contributed by atoms with Gasteiger partial charge in [-0.2, -0.15) is 0 Å². The lowest BCUT2D eigenvalue weighted by atomic mass is 10.2. The number of nitrogens with zero attached hydrogens (tertiary/aromatic N) is 1. The maximum atomic E-state index is 12.0. The van der Waals surface area contributed by atoms with E-state index in [0.29, 0.717) is 6.54 Å². The van der Waals surface area contributed by atoms with E-state index in [2.05, 4.69) is 15.5 Å². The zero-order valence-electron chi connectivity index (χ0n) is 12.5. The first-order valence-electron chi connectivity index (χ1n) is 7.70. The summed E-state index contributed by atoms with van der Waals surface area (Å²) in [6, 6.07) is 13.2. The fourth-order valence-corrected chi connectivity index (χ4v) is 2.83. The first kappa shape index (κ1) is 14.7. The average molecular weight is 299 g/mol. The summed E-state index contributed by atoms with van der Waals surface area (Å²) in [7, 11) is 0. The quantitative estimate of drug-likeness (QED) is 0.891. The first-order valence-corrected chi connectivity index (χ1v) is 7.70. The Morgan fingerprint density at radius 1 is 1.14 bits per heavy atom. The predicted molar refractivity (Wildman–Crippen MR) is 85.7 cm³/mol. The Morgan fingerprint density at radius 3 is 2.59 bits per heavy atom. The third kappa shape index (κ3) is 3.68. The van der Waals surface area contributed by atoms with Crippen molar-refractivity contribution in [1.82, 2.24) is 10.2 Å². The van der Waals surface area contributed by atoms with E-state index in [-0.39, 0.29) is 12.1 Å². The molecule has 1 aromatic heterocycles. The highest BCUT2D eigenvalue weighted by Crippen LogP contribution is 2.24. The summed E-state index contributed by atoms with van der Waals surface area (Å²) in [5.74, 6) is 0.905. The molecule has 3 rings (SSSR count). The fraction of sp³-hybridized carbons (Fsp3) is 0.353. The lowest BCUT2D eigenvalue weighted by molar-refractivity contribution is 0.207. The Balaban J connectivity index is 1.58. The van der Waals surface area contributed by atoms with Crippen molar-refractivity contribution in [2.24, 2.45) is 0 Å². The lowest BCUT2D eigenvalue weighted by Gasteiger charge is -2.26. The van der Waals surface area contributed by atoms with E-state index in [1.807, 2.05) is 42.5 Å². The first-order chi connectivity index (χ1) is 10.8. The number of rotatable bonds is 5. The van der Waals surface area contributed by atoms with Gasteiger partial charge in [-0.15, -0.1) is 0 Å².